The van der Waals surface area contributed by atoms with E-state index in [2.05, 4.69) is 4.98 Å². The van der Waals surface area contributed by atoms with E-state index in [0.717, 1.165) is 0 Å². The SMILES string of the molecule is CCOC(=O)c1nc(CO)c(Cl)c(Cl)c1Cl. The summed E-state index contributed by atoms with van der Waals surface area (Å²) in [6.07, 6.45) is 0. The van der Waals surface area contributed by atoms with Gasteiger partial charge in [-0.2, -0.15) is 0 Å². The third-order valence-electron chi connectivity index (χ3n) is 1.71. The van der Waals surface area contributed by atoms with Gasteiger partial charge in [-0.3, -0.25) is 0 Å². The van der Waals surface area contributed by atoms with Crippen molar-refractivity contribution in [3.63, 3.8) is 0 Å². The number of pyridine rings is 1. The maximum Gasteiger partial charge on any atom is 0.358 e. The molecule has 1 aromatic rings. The number of rotatable bonds is 3. The summed E-state index contributed by atoms with van der Waals surface area (Å²) in [6, 6.07) is 0. The quantitative estimate of drug-likeness (QED) is 0.867. The average molecular weight is 285 g/mol. The Labute approximate surface area is 107 Å². The molecule has 0 atom stereocenters. The number of ether oxygens (including phenoxy) is 1. The number of hydrogen-bond acceptors (Lipinski definition) is 4. The first-order valence-corrected chi connectivity index (χ1v) is 5.47. The summed E-state index contributed by atoms with van der Waals surface area (Å²) in [5.41, 5.74) is -0.0684. The summed E-state index contributed by atoms with van der Waals surface area (Å²) in [7, 11) is 0. The maximum atomic E-state index is 11.4. The highest BCUT2D eigenvalue weighted by Crippen LogP contribution is 2.34. The van der Waals surface area contributed by atoms with Gasteiger partial charge in [0.1, 0.15) is 0 Å². The van der Waals surface area contributed by atoms with Gasteiger partial charge in [0.2, 0.25) is 0 Å². The largest absolute Gasteiger partial charge is 0.461 e. The van der Waals surface area contributed by atoms with Gasteiger partial charge in [0.25, 0.3) is 0 Å². The van der Waals surface area contributed by atoms with Crippen LogP contribution in [0.4, 0.5) is 0 Å². The number of aliphatic hydroxyl groups excluding tert-OH is 1. The third-order valence-corrected chi connectivity index (χ3v) is 3.06. The third kappa shape index (κ3) is 2.58. The predicted octanol–water partition coefficient (Wildman–Crippen LogP) is 2.71. The molecule has 0 fully saturated rings. The summed E-state index contributed by atoms with van der Waals surface area (Å²) in [4.78, 5) is 15.2. The lowest BCUT2D eigenvalue weighted by Crippen LogP contribution is -2.10. The molecule has 7 heteroatoms. The number of halogens is 3. The second kappa shape index (κ2) is 5.68. The molecule has 1 heterocycles. The molecular formula is C9H8Cl3NO3. The number of carbonyl (C=O) groups is 1. The highest BCUT2D eigenvalue weighted by atomic mass is 35.5. The van der Waals surface area contributed by atoms with E-state index in [1.165, 1.54) is 0 Å². The summed E-state index contributed by atoms with van der Waals surface area (Å²) < 4.78 is 4.73. The highest BCUT2D eigenvalue weighted by Gasteiger charge is 2.21. The fraction of sp³-hybridized carbons (Fsp3) is 0.333. The lowest BCUT2D eigenvalue weighted by molar-refractivity contribution is 0.0519. The Balaban J connectivity index is 3.29. The van der Waals surface area contributed by atoms with E-state index < -0.39 is 12.6 Å². The number of aromatic nitrogens is 1. The standard InChI is InChI=1S/C9H8Cl3NO3/c1-2-16-9(15)8-7(12)6(11)5(10)4(3-14)13-8/h14H,2-3H2,1H3. The first-order chi connectivity index (χ1) is 7.52. The van der Waals surface area contributed by atoms with Gasteiger partial charge in [0.15, 0.2) is 5.69 Å². The van der Waals surface area contributed by atoms with E-state index in [4.69, 9.17) is 44.6 Å². The van der Waals surface area contributed by atoms with E-state index >= 15 is 0 Å². The normalized spacial score (nSPS) is 10.3. The van der Waals surface area contributed by atoms with E-state index in [9.17, 15) is 4.79 Å². The lowest BCUT2D eigenvalue weighted by atomic mass is 10.3. The molecule has 0 saturated carbocycles. The van der Waals surface area contributed by atoms with Crippen LogP contribution in [0.3, 0.4) is 0 Å². The van der Waals surface area contributed by atoms with Crippen LogP contribution in [-0.2, 0) is 11.3 Å². The van der Waals surface area contributed by atoms with Crippen molar-refractivity contribution in [2.45, 2.75) is 13.5 Å². The molecule has 0 spiro atoms. The van der Waals surface area contributed by atoms with Gasteiger partial charge in [-0.25, -0.2) is 9.78 Å². The van der Waals surface area contributed by atoms with E-state index in [1.807, 2.05) is 0 Å². The minimum atomic E-state index is -0.708. The maximum absolute atomic E-state index is 11.4. The van der Waals surface area contributed by atoms with E-state index in [0.29, 0.717) is 0 Å². The smallest absolute Gasteiger partial charge is 0.358 e. The molecule has 1 rings (SSSR count). The van der Waals surface area contributed by atoms with Gasteiger partial charge in [-0.05, 0) is 6.92 Å². The van der Waals surface area contributed by atoms with E-state index in [-0.39, 0.29) is 33.1 Å². The van der Waals surface area contributed by atoms with Gasteiger partial charge in [-0.15, -0.1) is 0 Å². The Bertz CT molecular complexity index is 423. The number of nitrogens with zero attached hydrogens (tertiary/aromatic N) is 1. The van der Waals surface area contributed by atoms with Crippen molar-refractivity contribution in [1.82, 2.24) is 4.98 Å². The number of esters is 1. The van der Waals surface area contributed by atoms with Crippen molar-refractivity contribution in [2.24, 2.45) is 0 Å². The van der Waals surface area contributed by atoms with Crippen molar-refractivity contribution in [1.29, 1.82) is 0 Å². The Morgan fingerprint density at radius 1 is 1.31 bits per heavy atom. The Kier molecular flexibility index (Phi) is 4.80. The highest BCUT2D eigenvalue weighted by molar-refractivity contribution is 6.49. The Hall–Kier alpha value is -0.550. The van der Waals surface area contributed by atoms with Gasteiger partial charge in [-0.1, -0.05) is 34.8 Å². The van der Waals surface area contributed by atoms with Crippen molar-refractivity contribution in [2.75, 3.05) is 6.61 Å². The molecule has 0 saturated heterocycles. The van der Waals surface area contributed by atoms with E-state index in [1.54, 1.807) is 6.92 Å². The van der Waals surface area contributed by atoms with Crippen LogP contribution in [0.25, 0.3) is 0 Å². The molecule has 0 aliphatic heterocycles. The molecule has 0 unspecified atom stereocenters. The van der Waals surface area contributed by atoms with Crippen LogP contribution in [0, 0.1) is 0 Å². The minimum Gasteiger partial charge on any atom is -0.461 e. The molecule has 0 amide bonds. The summed E-state index contributed by atoms with van der Waals surface area (Å²) in [5, 5.41) is 8.89. The summed E-state index contributed by atoms with van der Waals surface area (Å²) in [6.45, 7) is 1.39. The number of hydrogen-bond donors (Lipinski definition) is 1. The molecular weight excluding hydrogens is 276 g/mol. The topological polar surface area (TPSA) is 59.4 Å². The van der Waals surface area contributed by atoms with Crippen LogP contribution in [0.5, 0.6) is 0 Å². The average Bonchev–Trinajstić information content (AvgIpc) is 2.27. The van der Waals surface area contributed by atoms with Crippen LogP contribution >= 0.6 is 34.8 Å². The minimum absolute atomic E-state index is 0.0227. The van der Waals surface area contributed by atoms with Gasteiger partial charge < -0.3 is 9.84 Å². The molecule has 0 radical (unpaired) electrons. The van der Waals surface area contributed by atoms with Crippen molar-refractivity contribution >= 4 is 40.8 Å². The van der Waals surface area contributed by atoms with Crippen molar-refractivity contribution in [3.8, 4) is 0 Å². The molecule has 4 nitrogen and oxygen atoms in total. The zero-order valence-electron chi connectivity index (χ0n) is 8.26. The molecule has 0 aromatic carbocycles. The van der Waals surface area contributed by atoms with Gasteiger partial charge in [0, 0.05) is 0 Å². The lowest BCUT2D eigenvalue weighted by Gasteiger charge is -2.09. The van der Waals surface area contributed by atoms with Gasteiger partial charge in [0.05, 0.1) is 34.0 Å². The molecule has 88 valence electrons. The Morgan fingerprint density at radius 2 is 1.94 bits per heavy atom. The Morgan fingerprint density at radius 3 is 2.44 bits per heavy atom. The van der Waals surface area contributed by atoms with Crippen LogP contribution in [-0.4, -0.2) is 22.7 Å². The van der Waals surface area contributed by atoms with Crippen LogP contribution in [0.1, 0.15) is 23.1 Å². The van der Waals surface area contributed by atoms with Crippen molar-refractivity contribution < 1.29 is 14.6 Å². The van der Waals surface area contributed by atoms with Gasteiger partial charge >= 0.3 is 5.97 Å². The fourth-order valence-corrected chi connectivity index (χ4v) is 1.66. The first kappa shape index (κ1) is 13.5. The van der Waals surface area contributed by atoms with Crippen LogP contribution in [0.15, 0.2) is 0 Å². The molecule has 0 aliphatic carbocycles. The molecule has 1 N–H and O–H groups in total. The monoisotopic (exact) mass is 283 g/mol. The number of carbonyl (C=O) groups excluding carboxylic acids is 1. The summed E-state index contributed by atoms with van der Waals surface area (Å²) >= 11 is 17.3. The summed E-state index contributed by atoms with van der Waals surface area (Å²) in [5.74, 6) is -0.708. The molecule has 16 heavy (non-hydrogen) atoms. The second-order valence-corrected chi connectivity index (χ2v) is 3.86. The zero-order chi connectivity index (χ0) is 12.3. The molecule has 0 bridgehead atoms. The zero-order valence-corrected chi connectivity index (χ0v) is 10.5. The number of aliphatic hydroxyl groups is 1. The molecule has 0 aliphatic rings. The molecule has 1 aromatic heterocycles. The fourth-order valence-electron chi connectivity index (χ4n) is 1.000. The second-order valence-electron chi connectivity index (χ2n) is 2.73. The van der Waals surface area contributed by atoms with Crippen LogP contribution in [0.2, 0.25) is 15.1 Å². The van der Waals surface area contributed by atoms with Crippen LogP contribution < -0.4 is 0 Å². The van der Waals surface area contributed by atoms with Crippen molar-refractivity contribution in [3.05, 3.63) is 26.5 Å². The predicted molar refractivity (Wildman–Crippen MR) is 61.1 cm³/mol. The first-order valence-electron chi connectivity index (χ1n) is 4.34.